The Bertz CT molecular complexity index is 3560. The average Bonchev–Trinajstić information content (AvgIpc) is 1.50. The largest absolute Gasteiger partial charge is 0.481 e. The number of likely N-dealkylation sites (tertiary alicyclic amines) is 2. The Kier molecular flexibility index (Phi) is 24.1. The van der Waals surface area contributed by atoms with Crippen molar-refractivity contribution in [3.05, 3.63) is 96.4 Å². The van der Waals surface area contributed by atoms with Gasteiger partial charge in [-0.05, 0) is 104 Å². The first-order chi connectivity index (χ1) is 45.0. The molecule has 10 heterocycles. The van der Waals surface area contributed by atoms with E-state index in [1.807, 2.05) is 63.6 Å². The number of carboxylic acids is 1. The number of nitrogens with zero attached hydrogens (tertiary/aromatic N) is 14. The number of alkyl halides is 5. The summed E-state index contributed by atoms with van der Waals surface area (Å²) in [5.41, 5.74) is 4.44. The van der Waals surface area contributed by atoms with Gasteiger partial charge in [0.1, 0.15) is 23.2 Å². The number of fused-ring (bicyclic) bond motifs is 12. The Morgan fingerprint density at radius 3 is 1.39 bits per heavy atom. The predicted octanol–water partition coefficient (Wildman–Crippen LogP) is 7.93. The maximum absolute atomic E-state index is 13.4. The molecule has 0 radical (unpaired) electrons. The van der Waals surface area contributed by atoms with Crippen LogP contribution in [-0.4, -0.2) is 214 Å². The number of carboxylic acid groups (broad SMARTS) is 1. The molecule has 0 spiro atoms. The molecular formula is C64H85ClF4N18O7. The van der Waals surface area contributed by atoms with Gasteiger partial charge in [0.05, 0.1) is 47.2 Å². The van der Waals surface area contributed by atoms with Gasteiger partial charge in [-0.1, -0.05) is 37.8 Å². The van der Waals surface area contributed by atoms with Crippen molar-refractivity contribution in [1.82, 2.24) is 79.3 Å². The van der Waals surface area contributed by atoms with E-state index in [1.54, 1.807) is 47.7 Å². The zero-order valence-electron chi connectivity index (χ0n) is 53.7. The monoisotopic (exact) mass is 1330 g/mol. The van der Waals surface area contributed by atoms with Crippen LogP contribution in [0.2, 0.25) is 0 Å². The number of anilines is 2. The third kappa shape index (κ3) is 19.5. The standard InChI is InChI=1S/C28H32F2N8O3.C28H39N9O2.C4H10ClN.C4H4F2O2/c29-28(30)14-20(28)27(41)36-12-8-19(9-13-36)38-17-23-24(35-38)26(40)31-10-3-1-2-4-11-37-16-18(15-32-37)21-6-5-7-22(33-21)25(39)34-23;1-34(2)16-17-35-14-10-22(11-15-35)37-20-25-26(33-37)28(39)29-12-5-3-4-6-13-36-19-21(18-30-36)23-8-7-9-24(31-23)27(38)32-25;1-6(2)4-3-5;5-4(6)1-2(4)3(7)8/h5-7,15-17,19-20H,1-4,8-14H2,(H,31,40)(H,34,39);7-9,18-20,22H,3-6,10-17H2,1-2H3,(H,29,39)(H,32,38);3-4H2,1-2H3;2H,1H2,(H,7,8). The van der Waals surface area contributed by atoms with E-state index in [-0.39, 0.29) is 58.8 Å². The predicted molar refractivity (Wildman–Crippen MR) is 344 cm³/mol. The van der Waals surface area contributed by atoms with Crippen LogP contribution < -0.4 is 21.3 Å². The number of aryl methyl sites for hydroxylation is 2. The molecule has 2 unspecified atom stereocenters. The molecule has 6 aromatic heterocycles. The van der Waals surface area contributed by atoms with Gasteiger partial charge in [-0.15, -0.1) is 11.6 Å². The maximum atomic E-state index is 13.4. The van der Waals surface area contributed by atoms with E-state index >= 15 is 0 Å². The van der Waals surface area contributed by atoms with Crippen LogP contribution in [0.1, 0.15) is 144 Å². The lowest BCUT2D eigenvalue weighted by Gasteiger charge is -2.32. The summed E-state index contributed by atoms with van der Waals surface area (Å²) in [6.45, 7) is 8.30. The molecule has 2 saturated carbocycles. The van der Waals surface area contributed by atoms with Gasteiger partial charge >= 0.3 is 5.97 Å². The van der Waals surface area contributed by atoms with E-state index in [4.69, 9.17) is 21.8 Å². The first-order valence-electron chi connectivity index (χ1n) is 32.3. The molecule has 6 aliphatic rings. The van der Waals surface area contributed by atoms with E-state index in [1.165, 1.54) is 4.90 Å². The highest BCUT2D eigenvalue weighted by atomic mass is 35.5. The molecule has 4 aliphatic heterocycles. The van der Waals surface area contributed by atoms with Gasteiger partial charge in [-0.2, -0.15) is 20.4 Å². The van der Waals surface area contributed by atoms with Gasteiger partial charge in [-0.25, -0.2) is 27.5 Å². The molecule has 508 valence electrons. The number of carbonyl (C=O) groups is 6. The van der Waals surface area contributed by atoms with E-state index in [0.29, 0.717) is 56.1 Å². The molecule has 0 aromatic carbocycles. The molecule has 5 N–H and O–H groups in total. The lowest BCUT2D eigenvalue weighted by Crippen LogP contribution is -2.40. The Balaban J connectivity index is 0.000000184. The van der Waals surface area contributed by atoms with Crippen LogP contribution in [0.15, 0.2) is 73.6 Å². The van der Waals surface area contributed by atoms with E-state index in [0.717, 1.165) is 127 Å². The highest BCUT2D eigenvalue weighted by Crippen LogP contribution is 2.50. The van der Waals surface area contributed by atoms with Crippen molar-refractivity contribution in [3.8, 4) is 22.5 Å². The minimum Gasteiger partial charge on any atom is -0.481 e. The second kappa shape index (κ2) is 32.3. The number of carbonyl (C=O) groups excluding carboxylic acids is 5. The number of aliphatic carboxylic acids is 1. The number of halogens is 5. The van der Waals surface area contributed by atoms with Crippen LogP contribution in [0.25, 0.3) is 22.5 Å². The van der Waals surface area contributed by atoms with E-state index in [2.05, 4.69) is 70.4 Å². The van der Waals surface area contributed by atoms with Crippen LogP contribution in [0.5, 0.6) is 0 Å². The molecule has 2 aliphatic carbocycles. The number of nitrogens with one attached hydrogen (secondary N) is 4. The van der Waals surface area contributed by atoms with Gasteiger partial charge in [-0.3, -0.25) is 47.5 Å². The van der Waals surface area contributed by atoms with E-state index in [9.17, 15) is 46.3 Å². The fraction of sp³-hybridized carbons (Fsp3) is 0.562. The molecule has 12 rings (SSSR count). The number of pyridine rings is 2. The summed E-state index contributed by atoms with van der Waals surface area (Å²) in [5, 5.41) is 37.7. The lowest BCUT2D eigenvalue weighted by molar-refractivity contribution is -0.141. The summed E-state index contributed by atoms with van der Waals surface area (Å²) in [6, 6.07) is 10.5. The molecular weight excluding hydrogens is 1240 g/mol. The number of likely N-dealkylation sites (N-methyl/N-ethyl adjacent to an activating group) is 1. The zero-order chi connectivity index (χ0) is 67.1. The van der Waals surface area contributed by atoms with Crippen LogP contribution in [-0.2, 0) is 22.7 Å². The lowest BCUT2D eigenvalue weighted by atomic mass is 10.0. The fourth-order valence-electron chi connectivity index (χ4n) is 11.3. The maximum Gasteiger partial charge on any atom is 0.312 e. The summed E-state index contributed by atoms with van der Waals surface area (Å²) in [4.78, 5) is 92.3. The van der Waals surface area contributed by atoms with Crippen LogP contribution >= 0.6 is 11.6 Å². The van der Waals surface area contributed by atoms with Gasteiger partial charge in [0.25, 0.3) is 35.5 Å². The summed E-state index contributed by atoms with van der Waals surface area (Å²) in [5.74, 6) is -11.1. The van der Waals surface area contributed by atoms with Gasteiger partial charge in [0.15, 0.2) is 11.4 Å². The highest BCUT2D eigenvalue weighted by Gasteiger charge is 2.63. The van der Waals surface area contributed by atoms with Crippen molar-refractivity contribution < 1.29 is 51.4 Å². The third-order valence-electron chi connectivity index (χ3n) is 17.1. The highest BCUT2D eigenvalue weighted by molar-refractivity contribution is 6.18. The van der Waals surface area contributed by atoms with Crippen LogP contribution in [0.3, 0.4) is 0 Å². The van der Waals surface area contributed by atoms with Gasteiger partial charge in [0.2, 0.25) is 5.91 Å². The summed E-state index contributed by atoms with van der Waals surface area (Å²) >= 11 is 5.35. The average molecular weight is 1330 g/mol. The second-order valence-corrected chi connectivity index (χ2v) is 25.5. The Hall–Kier alpha value is -8.15. The molecule has 25 nitrogen and oxygen atoms in total. The van der Waals surface area contributed by atoms with Crippen molar-refractivity contribution in [1.29, 1.82) is 0 Å². The smallest absolute Gasteiger partial charge is 0.312 e. The number of amides is 5. The number of aromatic nitrogens is 10. The van der Waals surface area contributed by atoms with Crippen molar-refractivity contribution in [2.45, 2.75) is 127 Å². The second-order valence-electron chi connectivity index (χ2n) is 25.1. The summed E-state index contributed by atoms with van der Waals surface area (Å²) < 4.78 is 57.4. The minimum absolute atomic E-state index is 0.0908. The number of piperidine rings is 2. The van der Waals surface area contributed by atoms with Gasteiger partial charge < -0.3 is 46.0 Å². The first kappa shape index (κ1) is 70.2. The quantitative estimate of drug-likeness (QED) is 0.0679. The van der Waals surface area contributed by atoms with Gasteiger partial charge in [0, 0.05) is 127 Å². The Morgan fingerprint density at radius 2 is 1.00 bits per heavy atom. The summed E-state index contributed by atoms with van der Waals surface area (Å²) in [7, 11) is 8.19. The van der Waals surface area contributed by atoms with Crippen LogP contribution in [0.4, 0.5) is 28.9 Å². The van der Waals surface area contributed by atoms with Crippen molar-refractivity contribution in [3.63, 3.8) is 0 Å². The summed E-state index contributed by atoms with van der Waals surface area (Å²) in [6.07, 6.45) is 20.5. The molecule has 94 heavy (non-hydrogen) atoms. The zero-order valence-corrected chi connectivity index (χ0v) is 54.4. The van der Waals surface area contributed by atoms with Crippen molar-refractivity contribution in [2.75, 3.05) is 104 Å². The topological polar surface area (TPSA) is 281 Å². The molecule has 4 fully saturated rings. The Morgan fingerprint density at radius 1 is 0.574 bits per heavy atom. The van der Waals surface area contributed by atoms with Crippen LogP contribution in [0, 0.1) is 11.8 Å². The molecule has 5 amide bonds. The van der Waals surface area contributed by atoms with Crippen molar-refractivity contribution >= 4 is 58.5 Å². The molecule has 2 atom stereocenters. The number of hydrogen-bond acceptors (Lipinski definition) is 15. The minimum atomic E-state index is -2.91. The molecule has 30 heteroatoms. The molecule has 2 saturated heterocycles. The number of hydrogen-bond donors (Lipinski definition) is 5. The molecule has 6 aromatic rings. The molecule has 8 bridgehead atoms. The SMILES string of the molecule is CN(C)CCCl.CN(C)CCN1CCC(n2cc3c(n2)C(=O)NCCCCCCn2cc(cn2)-c2cccc(n2)C(=O)N3)CC1.O=C(O)C1CC1(F)F.O=C1Nc2cn(C3CCN(C(=O)C4CC4(F)F)CC3)nc2C(=O)NCCCCCCn2cc(cn2)-c2cccc1n2. The van der Waals surface area contributed by atoms with Crippen molar-refractivity contribution in [2.24, 2.45) is 11.8 Å². The first-order valence-corrected chi connectivity index (χ1v) is 32.8. The Labute approximate surface area is 548 Å². The normalized spacial score (nSPS) is 20.4. The third-order valence-corrected chi connectivity index (χ3v) is 17.3. The van der Waals surface area contributed by atoms with E-state index < -0.39 is 53.8 Å². The number of rotatable bonds is 9. The fourth-order valence-corrected chi connectivity index (χ4v) is 11.6.